The molecule has 0 aromatic carbocycles. The number of aryl methyl sites for hydroxylation is 1. The normalized spacial score (nSPS) is 16.7. The number of anilines is 1. The molecule has 1 aliphatic rings. The molecule has 0 aliphatic heterocycles. The zero-order valence-electron chi connectivity index (χ0n) is 12.3. The highest BCUT2D eigenvalue weighted by atomic mass is 16.1. The highest BCUT2D eigenvalue weighted by molar-refractivity contribution is 6.08. The van der Waals surface area contributed by atoms with Crippen LogP contribution in [-0.4, -0.2) is 20.3 Å². The van der Waals surface area contributed by atoms with Gasteiger partial charge in [0.05, 0.1) is 5.56 Å². The maximum atomic E-state index is 12.6. The molecule has 3 aromatic heterocycles. The minimum absolute atomic E-state index is 0.170. The van der Waals surface area contributed by atoms with Gasteiger partial charge < -0.3 is 9.72 Å². The lowest BCUT2D eigenvalue weighted by Crippen LogP contribution is -2.15. The second kappa shape index (κ2) is 4.94. The van der Waals surface area contributed by atoms with Crippen molar-refractivity contribution < 1.29 is 4.79 Å². The fourth-order valence-corrected chi connectivity index (χ4v) is 3.15. The zero-order valence-corrected chi connectivity index (χ0v) is 12.3. The standard InChI is InChI=1S/C17H16N4O/c1-11-5-6-14-12(11)10-13(16-19-8-9-21(14)16)17(22)20-15-4-2-3-7-18-15/h2-4,7-11H,5-6H2,1H3,(H,18,20,22)/t11-/m1/s1. The van der Waals surface area contributed by atoms with Gasteiger partial charge in [0, 0.05) is 24.3 Å². The molecule has 5 nitrogen and oxygen atoms in total. The van der Waals surface area contributed by atoms with E-state index in [0.717, 1.165) is 12.8 Å². The molecule has 1 atom stereocenters. The van der Waals surface area contributed by atoms with Crippen LogP contribution in [0.1, 0.15) is 40.9 Å². The van der Waals surface area contributed by atoms with Crippen LogP contribution in [0, 0.1) is 0 Å². The molecule has 0 saturated carbocycles. The molecule has 1 aliphatic carbocycles. The Bertz CT molecular complexity index is 854. The van der Waals surface area contributed by atoms with Crippen molar-refractivity contribution in [3.8, 4) is 0 Å². The van der Waals surface area contributed by atoms with E-state index in [1.807, 2.05) is 28.8 Å². The lowest BCUT2D eigenvalue weighted by Gasteiger charge is -2.11. The second-order valence-corrected chi connectivity index (χ2v) is 5.69. The average Bonchev–Trinajstić information content (AvgIpc) is 3.14. The molecule has 0 bridgehead atoms. The Balaban J connectivity index is 1.80. The van der Waals surface area contributed by atoms with Gasteiger partial charge in [0.25, 0.3) is 5.91 Å². The SMILES string of the molecule is C[C@@H]1CCc2c1cc(C(=O)Nc1ccccn1)c1nccn21. The molecule has 3 aromatic rings. The molecule has 4 rings (SSSR count). The summed E-state index contributed by atoms with van der Waals surface area (Å²) in [5.41, 5.74) is 3.83. The van der Waals surface area contributed by atoms with E-state index in [4.69, 9.17) is 0 Å². The zero-order chi connectivity index (χ0) is 15.1. The Hall–Kier alpha value is -2.69. The largest absolute Gasteiger partial charge is 0.306 e. The number of carbonyl (C=O) groups excluding carboxylic acids is 1. The van der Waals surface area contributed by atoms with E-state index in [1.54, 1.807) is 18.5 Å². The van der Waals surface area contributed by atoms with Gasteiger partial charge in [0.2, 0.25) is 0 Å². The number of hydrogen-bond donors (Lipinski definition) is 1. The van der Waals surface area contributed by atoms with E-state index >= 15 is 0 Å². The Morgan fingerprint density at radius 3 is 3.05 bits per heavy atom. The number of amides is 1. The van der Waals surface area contributed by atoms with Crippen LogP contribution in [0.25, 0.3) is 5.65 Å². The van der Waals surface area contributed by atoms with Crippen LogP contribution in [0.4, 0.5) is 5.82 Å². The molecule has 1 N–H and O–H groups in total. The minimum atomic E-state index is -0.170. The van der Waals surface area contributed by atoms with Gasteiger partial charge >= 0.3 is 0 Å². The molecule has 0 unspecified atom stereocenters. The van der Waals surface area contributed by atoms with Crippen molar-refractivity contribution in [1.29, 1.82) is 0 Å². The van der Waals surface area contributed by atoms with E-state index in [0.29, 0.717) is 22.9 Å². The highest BCUT2D eigenvalue weighted by Gasteiger charge is 2.25. The molecule has 1 amide bonds. The van der Waals surface area contributed by atoms with E-state index in [1.165, 1.54) is 11.3 Å². The van der Waals surface area contributed by atoms with E-state index in [9.17, 15) is 4.79 Å². The molecule has 0 spiro atoms. The molecule has 0 saturated heterocycles. The lowest BCUT2D eigenvalue weighted by atomic mass is 10.0. The summed E-state index contributed by atoms with van der Waals surface area (Å²) in [6.45, 7) is 2.20. The van der Waals surface area contributed by atoms with Crippen molar-refractivity contribution >= 4 is 17.4 Å². The molecule has 3 heterocycles. The molecule has 5 heteroatoms. The Labute approximate surface area is 128 Å². The summed E-state index contributed by atoms with van der Waals surface area (Å²) in [5.74, 6) is 0.853. The topological polar surface area (TPSA) is 59.3 Å². The average molecular weight is 292 g/mol. The first-order valence-electron chi connectivity index (χ1n) is 7.45. The number of hydrogen-bond acceptors (Lipinski definition) is 3. The van der Waals surface area contributed by atoms with Gasteiger partial charge in [-0.2, -0.15) is 0 Å². The summed E-state index contributed by atoms with van der Waals surface area (Å²) in [4.78, 5) is 21.1. The summed E-state index contributed by atoms with van der Waals surface area (Å²) in [6.07, 6.45) is 7.49. The van der Waals surface area contributed by atoms with Crippen LogP contribution in [0.3, 0.4) is 0 Å². The van der Waals surface area contributed by atoms with E-state index < -0.39 is 0 Å². The van der Waals surface area contributed by atoms with E-state index in [-0.39, 0.29) is 5.91 Å². The van der Waals surface area contributed by atoms with Crippen LogP contribution in [0.15, 0.2) is 42.9 Å². The van der Waals surface area contributed by atoms with Crippen molar-refractivity contribution in [2.24, 2.45) is 0 Å². The number of imidazole rings is 1. The first-order valence-corrected chi connectivity index (χ1v) is 7.45. The molecular formula is C17H16N4O. The molecule has 0 fully saturated rings. The second-order valence-electron chi connectivity index (χ2n) is 5.69. The third-order valence-electron chi connectivity index (χ3n) is 4.30. The number of carbonyl (C=O) groups is 1. The Morgan fingerprint density at radius 2 is 2.23 bits per heavy atom. The van der Waals surface area contributed by atoms with Crippen LogP contribution in [-0.2, 0) is 6.42 Å². The first-order chi connectivity index (χ1) is 10.7. The molecule has 22 heavy (non-hydrogen) atoms. The number of fused-ring (bicyclic) bond motifs is 3. The summed E-state index contributed by atoms with van der Waals surface area (Å²) in [5, 5.41) is 2.84. The Kier molecular flexibility index (Phi) is 2.92. The summed E-state index contributed by atoms with van der Waals surface area (Å²) < 4.78 is 2.05. The smallest absolute Gasteiger partial charge is 0.260 e. The fourth-order valence-electron chi connectivity index (χ4n) is 3.15. The number of nitrogens with one attached hydrogen (secondary N) is 1. The number of pyridine rings is 2. The molecular weight excluding hydrogens is 276 g/mol. The quantitative estimate of drug-likeness (QED) is 0.789. The van der Waals surface area contributed by atoms with Crippen LogP contribution >= 0.6 is 0 Å². The van der Waals surface area contributed by atoms with Crippen molar-refractivity contribution in [3.63, 3.8) is 0 Å². The monoisotopic (exact) mass is 292 g/mol. The third-order valence-corrected chi connectivity index (χ3v) is 4.30. The highest BCUT2D eigenvalue weighted by Crippen LogP contribution is 2.34. The summed E-state index contributed by atoms with van der Waals surface area (Å²) in [6, 6.07) is 7.43. The van der Waals surface area contributed by atoms with Gasteiger partial charge in [-0.1, -0.05) is 13.0 Å². The molecule has 0 radical (unpaired) electrons. The number of nitrogens with zero attached hydrogens (tertiary/aromatic N) is 3. The van der Waals surface area contributed by atoms with Crippen molar-refractivity contribution in [1.82, 2.24) is 14.4 Å². The first kappa shape index (κ1) is 13.0. The molecule has 110 valence electrons. The maximum absolute atomic E-state index is 12.6. The van der Waals surface area contributed by atoms with Crippen LogP contribution in [0.5, 0.6) is 0 Å². The van der Waals surface area contributed by atoms with Gasteiger partial charge in [0.15, 0.2) is 0 Å². The fraction of sp³-hybridized carbons (Fsp3) is 0.235. The Morgan fingerprint density at radius 1 is 1.32 bits per heavy atom. The van der Waals surface area contributed by atoms with Crippen molar-refractivity contribution in [2.75, 3.05) is 5.32 Å². The minimum Gasteiger partial charge on any atom is -0.306 e. The predicted molar refractivity (Wildman–Crippen MR) is 84.1 cm³/mol. The third kappa shape index (κ3) is 1.97. The number of aromatic nitrogens is 3. The van der Waals surface area contributed by atoms with Crippen LogP contribution in [0.2, 0.25) is 0 Å². The lowest BCUT2D eigenvalue weighted by molar-refractivity contribution is 0.102. The van der Waals surface area contributed by atoms with Gasteiger partial charge in [-0.3, -0.25) is 4.79 Å². The number of rotatable bonds is 2. The maximum Gasteiger partial charge on any atom is 0.260 e. The summed E-state index contributed by atoms with van der Waals surface area (Å²) in [7, 11) is 0. The summed E-state index contributed by atoms with van der Waals surface area (Å²) >= 11 is 0. The van der Waals surface area contributed by atoms with Gasteiger partial charge in [-0.05, 0) is 42.5 Å². The predicted octanol–water partition coefficient (Wildman–Crippen LogP) is 3.03. The van der Waals surface area contributed by atoms with Gasteiger partial charge in [-0.15, -0.1) is 0 Å². The van der Waals surface area contributed by atoms with Gasteiger partial charge in [-0.25, -0.2) is 9.97 Å². The van der Waals surface area contributed by atoms with E-state index in [2.05, 4.69) is 22.2 Å². The van der Waals surface area contributed by atoms with Crippen molar-refractivity contribution in [2.45, 2.75) is 25.7 Å². The van der Waals surface area contributed by atoms with Gasteiger partial charge in [0.1, 0.15) is 11.5 Å². The van der Waals surface area contributed by atoms with Crippen molar-refractivity contribution in [3.05, 3.63) is 59.7 Å². The van der Waals surface area contributed by atoms with Crippen LogP contribution < -0.4 is 5.32 Å².